The van der Waals surface area contributed by atoms with Crippen molar-refractivity contribution in [2.45, 2.75) is 0 Å². The van der Waals surface area contributed by atoms with Gasteiger partial charge in [-0.05, 0) is 11.6 Å². The molecular formula is C14H18BNO4. The molecule has 0 fully saturated rings. The van der Waals surface area contributed by atoms with Crippen LogP contribution in [0, 0.1) is 0 Å². The van der Waals surface area contributed by atoms with E-state index >= 15 is 0 Å². The molecule has 0 heterocycles. The molecule has 2 aromatic rings. The first-order valence-electron chi connectivity index (χ1n) is 6.16. The molecule has 2 rings (SSSR count). The van der Waals surface area contributed by atoms with Crippen molar-refractivity contribution < 1.29 is 19.8 Å². The zero-order valence-corrected chi connectivity index (χ0v) is 11.0. The van der Waals surface area contributed by atoms with Gasteiger partial charge in [0.05, 0.1) is 0 Å². The summed E-state index contributed by atoms with van der Waals surface area (Å²) < 4.78 is 5.62. The lowest BCUT2D eigenvalue weighted by molar-refractivity contribution is 0.278. The lowest BCUT2D eigenvalue weighted by Crippen LogP contribution is -2.10. The van der Waals surface area contributed by atoms with Gasteiger partial charge >= 0.3 is 7.32 Å². The van der Waals surface area contributed by atoms with Gasteiger partial charge in [0.15, 0.2) is 0 Å². The first kappa shape index (κ1) is 16.2. The summed E-state index contributed by atoms with van der Waals surface area (Å²) in [5.74, 6) is 0.888. The first-order valence-corrected chi connectivity index (χ1v) is 6.16. The molecule has 0 aliphatic heterocycles. The normalized spacial score (nSPS) is 9.40. The SMILES string of the molecule is NCCOc1ccccc1-c1ccccc1.OB(O)O. The van der Waals surface area contributed by atoms with Gasteiger partial charge in [-0.25, -0.2) is 0 Å². The van der Waals surface area contributed by atoms with E-state index in [-0.39, 0.29) is 0 Å². The summed E-state index contributed by atoms with van der Waals surface area (Å²) in [6.07, 6.45) is 0. The molecule has 0 aliphatic rings. The van der Waals surface area contributed by atoms with E-state index < -0.39 is 7.32 Å². The predicted molar refractivity (Wildman–Crippen MR) is 78.8 cm³/mol. The molecular weight excluding hydrogens is 257 g/mol. The van der Waals surface area contributed by atoms with Crippen molar-refractivity contribution in [1.82, 2.24) is 0 Å². The van der Waals surface area contributed by atoms with Crippen LogP contribution in [0.25, 0.3) is 11.1 Å². The molecule has 5 N–H and O–H groups in total. The summed E-state index contributed by atoms with van der Waals surface area (Å²) >= 11 is 0. The molecule has 106 valence electrons. The molecule has 6 heteroatoms. The molecule has 0 amide bonds. The third kappa shape index (κ3) is 5.86. The Morgan fingerprint density at radius 3 is 2.05 bits per heavy atom. The molecule has 0 spiro atoms. The predicted octanol–water partition coefficient (Wildman–Crippen LogP) is 0.639. The highest BCUT2D eigenvalue weighted by Crippen LogP contribution is 2.29. The van der Waals surface area contributed by atoms with E-state index in [9.17, 15) is 0 Å². The average Bonchev–Trinajstić information content (AvgIpc) is 2.46. The Balaban J connectivity index is 0.000000444. The second kappa shape index (κ2) is 9.11. The smallest absolute Gasteiger partial charge is 0.492 e. The van der Waals surface area contributed by atoms with Crippen molar-refractivity contribution in [3.8, 4) is 16.9 Å². The van der Waals surface area contributed by atoms with Gasteiger partial charge in [0.25, 0.3) is 0 Å². The summed E-state index contributed by atoms with van der Waals surface area (Å²) in [6.45, 7) is 1.08. The van der Waals surface area contributed by atoms with Gasteiger partial charge in [-0.1, -0.05) is 48.5 Å². The summed E-state index contributed by atoms with van der Waals surface area (Å²) in [7, 11) is -2.17. The maximum atomic E-state index is 7.17. The monoisotopic (exact) mass is 275 g/mol. The number of rotatable bonds is 4. The molecule has 0 saturated heterocycles. The van der Waals surface area contributed by atoms with Gasteiger partial charge in [-0.15, -0.1) is 0 Å². The highest BCUT2D eigenvalue weighted by Gasteiger charge is 2.04. The third-order valence-electron chi connectivity index (χ3n) is 2.35. The van der Waals surface area contributed by atoms with Crippen molar-refractivity contribution in [1.29, 1.82) is 0 Å². The van der Waals surface area contributed by atoms with Crippen molar-refractivity contribution in [3.05, 3.63) is 54.6 Å². The average molecular weight is 275 g/mol. The molecule has 0 aromatic heterocycles. The van der Waals surface area contributed by atoms with E-state index in [1.165, 1.54) is 0 Å². The summed E-state index contributed by atoms with van der Waals surface area (Å²) in [5.41, 5.74) is 7.71. The van der Waals surface area contributed by atoms with E-state index in [1.54, 1.807) is 0 Å². The van der Waals surface area contributed by atoms with E-state index in [0.717, 1.165) is 16.9 Å². The van der Waals surface area contributed by atoms with Gasteiger partial charge in [-0.2, -0.15) is 0 Å². The summed E-state index contributed by atoms with van der Waals surface area (Å²) in [4.78, 5) is 0. The van der Waals surface area contributed by atoms with Crippen molar-refractivity contribution in [3.63, 3.8) is 0 Å². The molecule has 2 aromatic carbocycles. The van der Waals surface area contributed by atoms with Crippen molar-refractivity contribution >= 4 is 7.32 Å². The Bertz CT molecular complexity index is 491. The van der Waals surface area contributed by atoms with Crippen LogP contribution in [0.1, 0.15) is 0 Å². The van der Waals surface area contributed by atoms with Crippen LogP contribution in [0.5, 0.6) is 5.75 Å². The molecule has 0 aliphatic carbocycles. The van der Waals surface area contributed by atoms with Crippen LogP contribution in [0.3, 0.4) is 0 Å². The zero-order chi connectivity index (χ0) is 14.8. The first-order chi connectivity index (χ1) is 9.65. The Hall–Kier alpha value is -1.86. The Morgan fingerprint density at radius 2 is 1.45 bits per heavy atom. The van der Waals surface area contributed by atoms with Gasteiger partial charge < -0.3 is 25.5 Å². The second-order valence-corrected chi connectivity index (χ2v) is 3.85. The Kier molecular flexibility index (Phi) is 7.38. The van der Waals surface area contributed by atoms with Gasteiger partial charge in [0.2, 0.25) is 0 Å². The minimum atomic E-state index is -2.17. The lowest BCUT2D eigenvalue weighted by atomic mass is 10.1. The van der Waals surface area contributed by atoms with E-state index in [2.05, 4.69) is 18.2 Å². The highest BCUT2D eigenvalue weighted by atomic mass is 16.5. The standard InChI is InChI=1S/C14H15NO.BH3O3/c15-10-11-16-14-9-5-4-8-13(14)12-6-2-1-3-7-12;2-1(3)4/h1-9H,10-11,15H2;2-4H. The largest absolute Gasteiger partial charge is 0.631 e. The number of hydrogen-bond donors (Lipinski definition) is 4. The lowest BCUT2D eigenvalue weighted by Gasteiger charge is -2.10. The van der Waals surface area contributed by atoms with Crippen LogP contribution in [-0.2, 0) is 0 Å². The van der Waals surface area contributed by atoms with Crippen molar-refractivity contribution in [2.24, 2.45) is 5.73 Å². The fourth-order valence-electron chi connectivity index (χ4n) is 1.62. The highest BCUT2D eigenvalue weighted by molar-refractivity contribution is 6.30. The quantitative estimate of drug-likeness (QED) is 0.614. The minimum Gasteiger partial charge on any atom is -0.492 e. The van der Waals surface area contributed by atoms with Crippen LogP contribution >= 0.6 is 0 Å². The van der Waals surface area contributed by atoms with Gasteiger partial charge in [0.1, 0.15) is 12.4 Å². The fourth-order valence-corrected chi connectivity index (χ4v) is 1.62. The molecule has 0 radical (unpaired) electrons. The molecule has 20 heavy (non-hydrogen) atoms. The Morgan fingerprint density at radius 1 is 0.900 bits per heavy atom. The number of hydrogen-bond acceptors (Lipinski definition) is 5. The minimum absolute atomic E-state index is 0.531. The number of nitrogens with two attached hydrogens (primary N) is 1. The summed E-state index contributed by atoms with van der Waals surface area (Å²) in [6, 6.07) is 18.2. The van der Waals surface area contributed by atoms with Crippen LogP contribution in [0.4, 0.5) is 0 Å². The summed E-state index contributed by atoms with van der Waals surface area (Å²) in [5, 5.41) is 21.5. The van der Waals surface area contributed by atoms with E-state index in [1.807, 2.05) is 36.4 Å². The zero-order valence-electron chi connectivity index (χ0n) is 11.0. The van der Waals surface area contributed by atoms with Crippen LogP contribution < -0.4 is 10.5 Å². The molecule has 0 saturated carbocycles. The number of benzene rings is 2. The number of ether oxygens (including phenoxy) is 1. The maximum absolute atomic E-state index is 7.17. The maximum Gasteiger partial charge on any atom is 0.631 e. The van der Waals surface area contributed by atoms with Gasteiger partial charge in [-0.3, -0.25) is 0 Å². The number of para-hydroxylation sites is 1. The van der Waals surface area contributed by atoms with Crippen LogP contribution in [0.15, 0.2) is 54.6 Å². The Labute approximate surface area is 118 Å². The van der Waals surface area contributed by atoms with E-state index in [4.69, 9.17) is 25.5 Å². The molecule has 0 unspecified atom stereocenters. The van der Waals surface area contributed by atoms with Gasteiger partial charge in [0, 0.05) is 12.1 Å². The van der Waals surface area contributed by atoms with E-state index in [0.29, 0.717) is 13.2 Å². The fraction of sp³-hybridized carbons (Fsp3) is 0.143. The topological polar surface area (TPSA) is 95.9 Å². The second-order valence-electron chi connectivity index (χ2n) is 3.85. The molecule has 0 atom stereocenters. The van der Waals surface area contributed by atoms with Crippen LogP contribution in [0.2, 0.25) is 0 Å². The molecule has 0 bridgehead atoms. The van der Waals surface area contributed by atoms with Crippen molar-refractivity contribution in [2.75, 3.05) is 13.2 Å². The van der Waals surface area contributed by atoms with Crippen LogP contribution in [-0.4, -0.2) is 35.5 Å². The third-order valence-corrected chi connectivity index (χ3v) is 2.35. The molecule has 5 nitrogen and oxygen atoms in total.